The molecule has 0 aromatic heterocycles. The number of rotatable bonds is 7. The molecule has 0 fully saturated rings. The fourth-order valence-corrected chi connectivity index (χ4v) is 4.33. The number of nitrogens with one attached hydrogen (secondary N) is 1. The Morgan fingerprint density at radius 2 is 1.97 bits per heavy atom. The summed E-state index contributed by atoms with van der Waals surface area (Å²) in [6, 6.07) is 11.9. The van der Waals surface area contributed by atoms with Crippen LogP contribution in [0.1, 0.15) is 17.5 Å². The Labute approximate surface area is 190 Å². The van der Waals surface area contributed by atoms with E-state index in [0.29, 0.717) is 42.2 Å². The lowest BCUT2D eigenvalue weighted by atomic mass is 9.98. The van der Waals surface area contributed by atoms with Crippen LogP contribution in [0.15, 0.2) is 42.5 Å². The highest BCUT2D eigenvalue weighted by molar-refractivity contribution is 7.80. The number of carboxylic acids is 1. The molecule has 32 heavy (non-hydrogen) atoms. The van der Waals surface area contributed by atoms with Gasteiger partial charge in [-0.25, -0.2) is 0 Å². The van der Waals surface area contributed by atoms with Gasteiger partial charge in [-0.05, 0) is 48.6 Å². The number of hydrogen-bond donors (Lipinski definition) is 3. The molecule has 4 rings (SSSR count). The Morgan fingerprint density at radius 1 is 1.19 bits per heavy atom. The van der Waals surface area contributed by atoms with Gasteiger partial charge in [0.1, 0.15) is 12.6 Å². The van der Waals surface area contributed by atoms with Gasteiger partial charge < -0.3 is 19.9 Å². The second kappa shape index (κ2) is 9.52. The molecule has 2 N–H and O–H groups in total. The molecular formula is C23H24N2O6S. The van der Waals surface area contributed by atoms with Crippen LogP contribution in [0, 0.1) is 5.92 Å². The summed E-state index contributed by atoms with van der Waals surface area (Å²) in [5.74, 6) is -0.699. The van der Waals surface area contributed by atoms with Crippen molar-refractivity contribution < 1.29 is 29.0 Å². The first-order valence-electron chi connectivity index (χ1n) is 10.4. The zero-order chi connectivity index (χ0) is 22.7. The van der Waals surface area contributed by atoms with Crippen molar-refractivity contribution in [3.8, 4) is 11.5 Å². The molecule has 0 radical (unpaired) electrons. The number of benzene rings is 2. The predicted molar refractivity (Wildman–Crippen MR) is 120 cm³/mol. The van der Waals surface area contributed by atoms with Gasteiger partial charge in [0, 0.05) is 11.4 Å². The number of fused-ring (bicyclic) bond motifs is 2. The second-order valence-electron chi connectivity index (χ2n) is 7.82. The maximum atomic E-state index is 13.2. The van der Waals surface area contributed by atoms with Gasteiger partial charge in [-0.1, -0.05) is 24.3 Å². The molecule has 0 saturated heterocycles. The number of para-hydroxylation sites is 1. The van der Waals surface area contributed by atoms with Crippen molar-refractivity contribution in [3.05, 3.63) is 53.6 Å². The van der Waals surface area contributed by atoms with E-state index >= 15 is 0 Å². The number of ether oxygens (including phenoxy) is 2. The zero-order valence-electron chi connectivity index (χ0n) is 17.3. The summed E-state index contributed by atoms with van der Waals surface area (Å²) >= 11 is 4.34. The monoisotopic (exact) mass is 456 g/mol. The number of anilines is 1. The van der Waals surface area contributed by atoms with Crippen LogP contribution in [0.3, 0.4) is 0 Å². The van der Waals surface area contributed by atoms with Gasteiger partial charge in [0.2, 0.25) is 18.6 Å². The number of hydrogen-bond acceptors (Lipinski definition) is 6. The molecule has 2 aromatic rings. The summed E-state index contributed by atoms with van der Waals surface area (Å²) in [4.78, 5) is 38.8. The van der Waals surface area contributed by atoms with E-state index in [1.54, 1.807) is 18.2 Å². The van der Waals surface area contributed by atoms with Gasteiger partial charge >= 0.3 is 5.97 Å². The minimum Gasteiger partial charge on any atom is -0.480 e. The van der Waals surface area contributed by atoms with E-state index in [4.69, 9.17) is 9.47 Å². The van der Waals surface area contributed by atoms with Crippen LogP contribution in [0.2, 0.25) is 0 Å². The molecule has 2 atom stereocenters. The highest BCUT2D eigenvalue weighted by Crippen LogP contribution is 2.33. The van der Waals surface area contributed by atoms with E-state index in [-0.39, 0.29) is 12.7 Å². The summed E-state index contributed by atoms with van der Waals surface area (Å²) in [6.45, 7) is -0.288. The Morgan fingerprint density at radius 3 is 2.75 bits per heavy atom. The molecule has 2 aromatic carbocycles. The fourth-order valence-electron chi connectivity index (χ4n) is 4.03. The smallest absolute Gasteiger partial charge is 0.323 e. The van der Waals surface area contributed by atoms with Crippen molar-refractivity contribution >= 4 is 36.1 Å². The number of carboxylic acid groups (broad SMARTS) is 1. The SMILES string of the molecule is O=C(O)CN1C(=O)[C@@H](NC(=O)[C@@H](CS)Cc2ccc3c(c2)OCO3)CCc2ccccc21. The summed E-state index contributed by atoms with van der Waals surface area (Å²) in [6.07, 6.45) is 1.36. The van der Waals surface area contributed by atoms with Crippen LogP contribution in [-0.4, -0.2) is 48.0 Å². The minimum absolute atomic E-state index is 0.175. The maximum absolute atomic E-state index is 13.2. The number of aryl methyl sites for hydroxylation is 1. The average Bonchev–Trinajstić information content (AvgIpc) is 3.21. The molecule has 2 amide bonds. The van der Waals surface area contributed by atoms with E-state index in [1.807, 2.05) is 24.3 Å². The van der Waals surface area contributed by atoms with E-state index in [2.05, 4.69) is 17.9 Å². The van der Waals surface area contributed by atoms with Crippen molar-refractivity contribution in [2.24, 2.45) is 5.92 Å². The first kappa shape index (κ1) is 22.0. The molecule has 0 saturated carbocycles. The van der Waals surface area contributed by atoms with E-state index in [0.717, 1.165) is 11.1 Å². The molecule has 9 heteroatoms. The maximum Gasteiger partial charge on any atom is 0.323 e. The van der Waals surface area contributed by atoms with Crippen LogP contribution >= 0.6 is 12.6 Å². The van der Waals surface area contributed by atoms with Crippen molar-refractivity contribution in [1.29, 1.82) is 0 Å². The standard InChI is InChI=1S/C23H24N2O6S/c26-21(27)11-25-18-4-2-1-3-15(18)6-7-17(23(25)29)24-22(28)16(12-32)9-14-5-8-19-20(10-14)31-13-30-19/h1-5,8,10,16-17,32H,6-7,9,11-13H2,(H,24,28)(H,26,27)/t16-,17+/m1/s1. The first-order chi connectivity index (χ1) is 15.5. The van der Waals surface area contributed by atoms with Gasteiger partial charge in [-0.3, -0.25) is 19.3 Å². The average molecular weight is 457 g/mol. The quantitative estimate of drug-likeness (QED) is 0.551. The van der Waals surface area contributed by atoms with Crippen molar-refractivity contribution in [1.82, 2.24) is 5.32 Å². The Bertz CT molecular complexity index is 1040. The third kappa shape index (κ3) is 4.67. The number of carbonyl (C=O) groups is 3. The molecule has 0 aliphatic carbocycles. The van der Waals surface area contributed by atoms with Crippen molar-refractivity contribution in [2.75, 3.05) is 24.0 Å². The highest BCUT2D eigenvalue weighted by Gasteiger charge is 2.33. The molecule has 0 unspecified atom stereocenters. The van der Waals surface area contributed by atoms with Gasteiger partial charge in [-0.2, -0.15) is 12.6 Å². The molecular weight excluding hydrogens is 432 g/mol. The zero-order valence-corrected chi connectivity index (χ0v) is 18.2. The van der Waals surface area contributed by atoms with Crippen molar-refractivity contribution in [3.63, 3.8) is 0 Å². The number of carbonyl (C=O) groups excluding carboxylic acids is 2. The molecule has 168 valence electrons. The van der Waals surface area contributed by atoms with E-state index in [1.165, 1.54) is 4.90 Å². The van der Waals surface area contributed by atoms with Gasteiger partial charge in [-0.15, -0.1) is 0 Å². The Hall–Kier alpha value is -3.20. The normalized spacial score (nSPS) is 18.0. The largest absolute Gasteiger partial charge is 0.480 e. The van der Waals surface area contributed by atoms with Crippen LogP contribution in [0.25, 0.3) is 0 Å². The van der Waals surface area contributed by atoms with Gasteiger partial charge in [0.25, 0.3) is 0 Å². The number of nitrogens with zero attached hydrogens (tertiary/aromatic N) is 1. The molecule has 0 bridgehead atoms. The number of amides is 2. The van der Waals surface area contributed by atoms with Gasteiger partial charge in [0.05, 0.1) is 5.92 Å². The topological polar surface area (TPSA) is 105 Å². The molecule has 2 aliphatic heterocycles. The fraction of sp³-hybridized carbons (Fsp3) is 0.348. The molecule has 8 nitrogen and oxygen atoms in total. The minimum atomic E-state index is -1.11. The molecule has 2 heterocycles. The summed E-state index contributed by atoms with van der Waals surface area (Å²) in [5, 5.41) is 12.2. The highest BCUT2D eigenvalue weighted by atomic mass is 32.1. The lowest BCUT2D eigenvalue weighted by Gasteiger charge is -2.26. The van der Waals surface area contributed by atoms with E-state index < -0.39 is 30.4 Å². The summed E-state index contributed by atoms with van der Waals surface area (Å²) in [7, 11) is 0. The number of aliphatic carboxylic acids is 1. The number of thiol groups is 1. The van der Waals surface area contributed by atoms with Crippen LogP contribution in [0.5, 0.6) is 11.5 Å². The third-order valence-electron chi connectivity index (χ3n) is 5.67. The molecule has 0 spiro atoms. The lowest BCUT2D eigenvalue weighted by molar-refractivity contribution is -0.137. The molecule has 2 aliphatic rings. The van der Waals surface area contributed by atoms with Crippen LogP contribution in [-0.2, 0) is 27.2 Å². The van der Waals surface area contributed by atoms with E-state index in [9.17, 15) is 19.5 Å². The lowest BCUT2D eigenvalue weighted by Crippen LogP contribution is -2.51. The van der Waals surface area contributed by atoms with Gasteiger partial charge in [0.15, 0.2) is 11.5 Å². The second-order valence-corrected chi connectivity index (χ2v) is 8.18. The van der Waals surface area contributed by atoms with Crippen LogP contribution in [0.4, 0.5) is 5.69 Å². The van der Waals surface area contributed by atoms with Crippen LogP contribution < -0.4 is 19.7 Å². The Kier molecular flexibility index (Phi) is 6.55. The Balaban J connectivity index is 1.48. The summed E-state index contributed by atoms with van der Waals surface area (Å²) in [5.41, 5.74) is 2.35. The third-order valence-corrected chi connectivity index (χ3v) is 6.11. The summed E-state index contributed by atoms with van der Waals surface area (Å²) < 4.78 is 10.7. The first-order valence-corrected chi connectivity index (χ1v) is 11.0. The van der Waals surface area contributed by atoms with Crippen molar-refractivity contribution in [2.45, 2.75) is 25.3 Å². The predicted octanol–water partition coefficient (Wildman–Crippen LogP) is 2.05.